The highest BCUT2D eigenvalue weighted by molar-refractivity contribution is 7.85. The molecule has 0 N–H and O–H groups in total. The van der Waals surface area contributed by atoms with Gasteiger partial charge in [0.25, 0.3) is 0 Å². The van der Waals surface area contributed by atoms with Crippen LogP contribution in [0, 0.1) is 13.8 Å². The molecule has 1 rings (SSSR count). The van der Waals surface area contributed by atoms with Crippen LogP contribution in [-0.2, 0) is 20.3 Å². The number of esters is 1. The lowest BCUT2D eigenvalue weighted by molar-refractivity contribution is -0.140. The van der Waals surface area contributed by atoms with Gasteiger partial charge in [-0.2, -0.15) is 0 Å². The fourth-order valence-corrected chi connectivity index (χ4v) is 2.66. The molecule has 0 bridgehead atoms. The van der Waals surface area contributed by atoms with Gasteiger partial charge in [-0.25, -0.2) is 0 Å². The Balaban J connectivity index is 2.73. The Labute approximate surface area is 98.3 Å². The van der Waals surface area contributed by atoms with Gasteiger partial charge in [-0.3, -0.25) is 9.00 Å². The number of aryl methyl sites for hydroxylation is 2. The molecule has 4 heteroatoms. The van der Waals surface area contributed by atoms with E-state index in [0.717, 1.165) is 16.0 Å². The van der Waals surface area contributed by atoms with Crippen LogP contribution in [0.1, 0.15) is 17.5 Å². The van der Waals surface area contributed by atoms with E-state index in [1.807, 2.05) is 32.0 Å². The van der Waals surface area contributed by atoms with Gasteiger partial charge < -0.3 is 4.74 Å². The molecule has 1 unspecified atom stereocenters. The molecule has 1 aromatic rings. The van der Waals surface area contributed by atoms with Crippen LogP contribution in [-0.4, -0.2) is 23.0 Å². The number of carbonyl (C=O) groups excluding carboxylic acids is 1. The van der Waals surface area contributed by atoms with Gasteiger partial charge in [0.05, 0.1) is 24.3 Å². The van der Waals surface area contributed by atoms with E-state index in [2.05, 4.69) is 4.74 Å². The minimum absolute atomic E-state index is 0.191. The van der Waals surface area contributed by atoms with Crippen molar-refractivity contribution in [1.82, 2.24) is 0 Å². The molecule has 0 saturated heterocycles. The summed E-state index contributed by atoms with van der Waals surface area (Å²) in [5.74, 6) is -0.00425. The first-order valence-electron chi connectivity index (χ1n) is 5.07. The summed E-state index contributed by atoms with van der Waals surface area (Å²) in [4.78, 5) is 11.8. The fraction of sp³-hybridized carbons (Fsp3) is 0.417. The second kappa shape index (κ2) is 5.80. The number of methoxy groups -OCH3 is 1. The normalized spacial score (nSPS) is 12.2. The van der Waals surface area contributed by atoms with Crippen molar-refractivity contribution < 1.29 is 13.7 Å². The minimum atomic E-state index is -1.13. The van der Waals surface area contributed by atoms with Crippen LogP contribution in [0.25, 0.3) is 0 Å². The van der Waals surface area contributed by atoms with Crippen molar-refractivity contribution in [3.8, 4) is 0 Å². The summed E-state index contributed by atoms with van der Waals surface area (Å²) >= 11 is 0. The Morgan fingerprint density at radius 2 is 2.06 bits per heavy atom. The molecule has 1 aromatic carbocycles. The van der Waals surface area contributed by atoms with Gasteiger partial charge in [0.15, 0.2) is 0 Å². The Morgan fingerprint density at radius 1 is 1.38 bits per heavy atom. The Morgan fingerprint density at radius 3 is 2.69 bits per heavy atom. The lowest BCUT2D eigenvalue weighted by Crippen LogP contribution is -2.08. The molecule has 0 aromatic heterocycles. The van der Waals surface area contributed by atoms with Crippen molar-refractivity contribution in [1.29, 1.82) is 0 Å². The molecular weight excluding hydrogens is 224 g/mol. The molecular formula is C12H16O3S. The van der Waals surface area contributed by atoms with Gasteiger partial charge in [0.2, 0.25) is 0 Å². The molecule has 3 nitrogen and oxygen atoms in total. The molecule has 0 saturated carbocycles. The number of hydrogen-bond donors (Lipinski definition) is 0. The molecule has 0 heterocycles. The number of rotatable bonds is 4. The molecule has 0 aliphatic rings. The van der Waals surface area contributed by atoms with Gasteiger partial charge >= 0.3 is 5.97 Å². The standard InChI is InChI=1S/C12H16O3S/c1-9-4-5-10(2)11(8-9)16(14)7-6-12(13)15-3/h4-5,8H,6-7H2,1-3H3. The number of benzene rings is 1. The average Bonchev–Trinajstić information content (AvgIpc) is 2.28. The summed E-state index contributed by atoms with van der Waals surface area (Å²) in [6.07, 6.45) is 0.191. The van der Waals surface area contributed by atoms with Crippen LogP contribution in [0.4, 0.5) is 0 Å². The van der Waals surface area contributed by atoms with E-state index in [1.54, 1.807) is 0 Å². The van der Waals surface area contributed by atoms with Crippen LogP contribution < -0.4 is 0 Å². The summed E-state index contributed by atoms with van der Waals surface area (Å²) < 4.78 is 16.5. The number of carbonyl (C=O) groups is 1. The van der Waals surface area contributed by atoms with E-state index in [1.165, 1.54) is 7.11 Å². The lowest BCUT2D eigenvalue weighted by Gasteiger charge is -2.06. The predicted octanol–water partition coefficient (Wildman–Crippen LogP) is 1.97. The van der Waals surface area contributed by atoms with E-state index >= 15 is 0 Å². The summed E-state index contributed by atoms with van der Waals surface area (Å²) in [6, 6.07) is 5.83. The summed E-state index contributed by atoms with van der Waals surface area (Å²) in [5, 5.41) is 0. The van der Waals surface area contributed by atoms with Crippen LogP contribution in [0.2, 0.25) is 0 Å². The van der Waals surface area contributed by atoms with Crippen molar-refractivity contribution >= 4 is 16.8 Å². The first-order chi connectivity index (χ1) is 7.54. The van der Waals surface area contributed by atoms with Crippen molar-refractivity contribution in [3.05, 3.63) is 29.3 Å². The third kappa shape index (κ3) is 3.45. The summed E-state index contributed by atoms with van der Waals surface area (Å²) in [5.41, 5.74) is 2.07. The van der Waals surface area contributed by atoms with Crippen molar-refractivity contribution in [3.63, 3.8) is 0 Å². The highest BCUT2D eigenvalue weighted by atomic mass is 32.2. The van der Waals surface area contributed by atoms with E-state index in [0.29, 0.717) is 5.75 Å². The zero-order valence-electron chi connectivity index (χ0n) is 9.78. The second-order valence-electron chi connectivity index (χ2n) is 3.64. The smallest absolute Gasteiger partial charge is 0.306 e. The predicted molar refractivity (Wildman–Crippen MR) is 63.8 cm³/mol. The van der Waals surface area contributed by atoms with E-state index in [4.69, 9.17) is 0 Å². The Bertz CT molecular complexity index is 413. The van der Waals surface area contributed by atoms with Crippen LogP contribution in [0.5, 0.6) is 0 Å². The quantitative estimate of drug-likeness (QED) is 0.756. The third-order valence-corrected chi connectivity index (χ3v) is 3.81. The molecule has 0 aliphatic heterocycles. The summed E-state index contributed by atoms with van der Waals surface area (Å²) in [7, 11) is 0.208. The monoisotopic (exact) mass is 240 g/mol. The van der Waals surface area contributed by atoms with E-state index in [9.17, 15) is 9.00 Å². The zero-order valence-corrected chi connectivity index (χ0v) is 10.6. The van der Waals surface area contributed by atoms with Gasteiger partial charge in [0.1, 0.15) is 0 Å². The van der Waals surface area contributed by atoms with Crippen molar-refractivity contribution in [2.45, 2.75) is 25.2 Å². The zero-order chi connectivity index (χ0) is 12.1. The molecule has 0 radical (unpaired) electrons. The first kappa shape index (κ1) is 12.9. The highest BCUT2D eigenvalue weighted by Crippen LogP contribution is 2.15. The topological polar surface area (TPSA) is 43.4 Å². The molecule has 0 aliphatic carbocycles. The number of ether oxygens (including phenoxy) is 1. The first-order valence-corrected chi connectivity index (χ1v) is 6.39. The maximum atomic E-state index is 11.9. The summed E-state index contributed by atoms with van der Waals surface area (Å²) in [6.45, 7) is 3.88. The van der Waals surface area contributed by atoms with Crippen molar-refractivity contribution in [2.24, 2.45) is 0 Å². The van der Waals surface area contributed by atoms with Crippen LogP contribution in [0.3, 0.4) is 0 Å². The Kier molecular flexibility index (Phi) is 4.68. The van der Waals surface area contributed by atoms with E-state index < -0.39 is 10.8 Å². The van der Waals surface area contributed by atoms with E-state index in [-0.39, 0.29) is 12.4 Å². The lowest BCUT2D eigenvalue weighted by atomic mass is 10.2. The molecule has 88 valence electrons. The molecule has 1 atom stereocenters. The van der Waals surface area contributed by atoms with Gasteiger partial charge in [-0.1, -0.05) is 12.1 Å². The van der Waals surface area contributed by atoms with Crippen molar-refractivity contribution in [2.75, 3.05) is 12.9 Å². The number of hydrogen-bond acceptors (Lipinski definition) is 3. The maximum absolute atomic E-state index is 11.9. The average molecular weight is 240 g/mol. The molecule has 16 heavy (non-hydrogen) atoms. The SMILES string of the molecule is COC(=O)CCS(=O)c1cc(C)ccc1C. The molecule has 0 spiro atoms. The second-order valence-corrected chi connectivity index (χ2v) is 5.18. The molecule has 0 amide bonds. The van der Waals surface area contributed by atoms with Gasteiger partial charge in [0, 0.05) is 10.6 Å². The fourth-order valence-electron chi connectivity index (χ4n) is 1.34. The van der Waals surface area contributed by atoms with Gasteiger partial charge in [-0.05, 0) is 31.0 Å². The third-order valence-electron chi connectivity index (χ3n) is 2.31. The maximum Gasteiger partial charge on any atom is 0.306 e. The van der Waals surface area contributed by atoms with Gasteiger partial charge in [-0.15, -0.1) is 0 Å². The highest BCUT2D eigenvalue weighted by Gasteiger charge is 2.10. The van der Waals surface area contributed by atoms with Crippen LogP contribution in [0.15, 0.2) is 23.1 Å². The molecule has 0 fully saturated rings. The largest absolute Gasteiger partial charge is 0.469 e. The van der Waals surface area contributed by atoms with Crippen LogP contribution >= 0.6 is 0 Å². The minimum Gasteiger partial charge on any atom is -0.469 e. The Hall–Kier alpha value is -1.16.